The number of hydrogen-bond donors (Lipinski definition) is 2. The fourth-order valence-electron chi connectivity index (χ4n) is 1.83. The molecule has 0 aliphatic rings. The minimum atomic E-state index is -0.144. The number of anilines is 1. The van der Waals surface area contributed by atoms with Gasteiger partial charge in [-0.15, -0.1) is 0 Å². The van der Waals surface area contributed by atoms with Crippen LogP contribution in [-0.4, -0.2) is 29.0 Å². The summed E-state index contributed by atoms with van der Waals surface area (Å²) >= 11 is 0. The fourth-order valence-corrected chi connectivity index (χ4v) is 1.83. The lowest BCUT2D eigenvalue weighted by Gasteiger charge is -2.15. The third kappa shape index (κ3) is 4.19. The average Bonchev–Trinajstić information content (AvgIpc) is 2.37. The SMILES string of the molecule is CCCC(C)NC(=O)c1nc(C(C)C)ncc1NC. The molecule has 5 nitrogen and oxygen atoms in total. The van der Waals surface area contributed by atoms with Gasteiger partial charge in [-0.05, 0) is 13.3 Å². The highest BCUT2D eigenvalue weighted by atomic mass is 16.2. The molecule has 1 rings (SSSR count). The van der Waals surface area contributed by atoms with Crippen molar-refractivity contribution < 1.29 is 4.79 Å². The first kappa shape index (κ1) is 15.4. The molecule has 0 fully saturated rings. The summed E-state index contributed by atoms with van der Waals surface area (Å²) in [6, 6.07) is 0.152. The smallest absolute Gasteiger partial charge is 0.272 e. The van der Waals surface area contributed by atoms with Crippen LogP contribution in [0.5, 0.6) is 0 Å². The van der Waals surface area contributed by atoms with Crippen LogP contribution in [0.4, 0.5) is 5.69 Å². The summed E-state index contributed by atoms with van der Waals surface area (Å²) in [7, 11) is 1.76. The van der Waals surface area contributed by atoms with E-state index in [1.54, 1.807) is 13.2 Å². The molecule has 5 heteroatoms. The van der Waals surface area contributed by atoms with Crippen molar-refractivity contribution in [1.82, 2.24) is 15.3 Å². The van der Waals surface area contributed by atoms with Gasteiger partial charge in [0.15, 0.2) is 5.69 Å². The zero-order valence-electron chi connectivity index (χ0n) is 12.4. The molecule has 1 atom stereocenters. The Balaban J connectivity index is 2.96. The summed E-state index contributed by atoms with van der Waals surface area (Å²) in [5.41, 5.74) is 1.08. The van der Waals surface area contributed by atoms with Gasteiger partial charge in [0.2, 0.25) is 0 Å². The molecule has 0 saturated carbocycles. The molecule has 0 saturated heterocycles. The van der Waals surface area contributed by atoms with Crippen molar-refractivity contribution in [1.29, 1.82) is 0 Å². The van der Waals surface area contributed by atoms with Gasteiger partial charge in [0.1, 0.15) is 5.82 Å². The lowest BCUT2D eigenvalue weighted by molar-refractivity contribution is 0.0933. The van der Waals surface area contributed by atoms with Crippen molar-refractivity contribution in [2.75, 3.05) is 12.4 Å². The Morgan fingerprint density at radius 2 is 2.05 bits per heavy atom. The summed E-state index contributed by atoms with van der Waals surface area (Å²) in [6.07, 6.45) is 3.67. The lowest BCUT2D eigenvalue weighted by Crippen LogP contribution is -2.33. The van der Waals surface area contributed by atoms with E-state index in [0.717, 1.165) is 12.8 Å². The molecule has 19 heavy (non-hydrogen) atoms. The highest BCUT2D eigenvalue weighted by molar-refractivity contribution is 5.97. The van der Waals surface area contributed by atoms with E-state index in [1.807, 2.05) is 20.8 Å². The minimum Gasteiger partial charge on any atom is -0.385 e. The number of carbonyl (C=O) groups is 1. The van der Waals surface area contributed by atoms with E-state index >= 15 is 0 Å². The molecule has 1 amide bonds. The zero-order chi connectivity index (χ0) is 14.4. The molecule has 1 aromatic heterocycles. The van der Waals surface area contributed by atoms with E-state index in [0.29, 0.717) is 17.2 Å². The number of nitrogens with one attached hydrogen (secondary N) is 2. The Labute approximate surface area is 115 Å². The highest BCUT2D eigenvalue weighted by Crippen LogP contribution is 2.16. The standard InChI is InChI=1S/C14H24N4O/c1-6-7-10(4)17-14(19)12-11(15-5)8-16-13(18-12)9(2)3/h8-10,15H,6-7H2,1-5H3,(H,17,19). The van der Waals surface area contributed by atoms with Crippen LogP contribution in [0.3, 0.4) is 0 Å². The number of nitrogens with zero attached hydrogens (tertiary/aromatic N) is 2. The molecule has 0 bridgehead atoms. The molecule has 1 unspecified atom stereocenters. The third-order valence-electron chi connectivity index (χ3n) is 2.91. The van der Waals surface area contributed by atoms with Gasteiger partial charge in [-0.25, -0.2) is 9.97 Å². The van der Waals surface area contributed by atoms with E-state index in [4.69, 9.17) is 0 Å². The molecular formula is C14H24N4O. The minimum absolute atomic E-state index is 0.144. The van der Waals surface area contributed by atoms with Crippen LogP contribution >= 0.6 is 0 Å². The number of rotatable bonds is 6. The van der Waals surface area contributed by atoms with E-state index in [-0.39, 0.29) is 17.9 Å². The van der Waals surface area contributed by atoms with Gasteiger partial charge in [0.25, 0.3) is 5.91 Å². The van der Waals surface area contributed by atoms with Crippen molar-refractivity contribution in [3.8, 4) is 0 Å². The van der Waals surface area contributed by atoms with Gasteiger partial charge >= 0.3 is 0 Å². The zero-order valence-corrected chi connectivity index (χ0v) is 12.4. The van der Waals surface area contributed by atoms with Crippen LogP contribution in [0.15, 0.2) is 6.20 Å². The van der Waals surface area contributed by atoms with Crippen molar-refractivity contribution in [2.24, 2.45) is 0 Å². The summed E-state index contributed by atoms with van der Waals surface area (Å²) in [4.78, 5) is 20.9. The molecule has 0 aliphatic carbocycles. The quantitative estimate of drug-likeness (QED) is 0.828. The van der Waals surface area contributed by atoms with Gasteiger partial charge in [-0.2, -0.15) is 0 Å². The van der Waals surface area contributed by atoms with E-state index in [9.17, 15) is 4.79 Å². The second-order valence-corrected chi connectivity index (χ2v) is 5.06. The molecule has 0 aromatic carbocycles. The molecular weight excluding hydrogens is 240 g/mol. The van der Waals surface area contributed by atoms with Crippen LogP contribution in [0, 0.1) is 0 Å². The summed E-state index contributed by atoms with van der Waals surface area (Å²) < 4.78 is 0. The third-order valence-corrected chi connectivity index (χ3v) is 2.91. The predicted molar refractivity (Wildman–Crippen MR) is 77.5 cm³/mol. The van der Waals surface area contributed by atoms with E-state index < -0.39 is 0 Å². The maximum Gasteiger partial charge on any atom is 0.272 e. The van der Waals surface area contributed by atoms with Crippen LogP contribution in [0.2, 0.25) is 0 Å². The maximum atomic E-state index is 12.2. The molecule has 1 aromatic rings. The topological polar surface area (TPSA) is 66.9 Å². The lowest BCUT2D eigenvalue weighted by atomic mass is 10.1. The second kappa shape index (κ2) is 7.07. The summed E-state index contributed by atoms with van der Waals surface area (Å²) in [5, 5.41) is 5.93. The molecule has 0 aliphatic heterocycles. The Kier molecular flexibility index (Phi) is 5.73. The molecule has 106 valence electrons. The maximum absolute atomic E-state index is 12.2. The van der Waals surface area contributed by atoms with E-state index in [1.165, 1.54) is 0 Å². The van der Waals surface area contributed by atoms with Crippen molar-refractivity contribution >= 4 is 11.6 Å². The number of amides is 1. The van der Waals surface area contributed by atoms with E-state index in [2.05, 4.69) is 27.5 Å². The van der Waals surface area contributed by atoms with Crippen LogP contribution < -0.4 is 10.6 Å². The van der Waals surface area contributed by atoms with Gasteiger partial charge < -0.3 is 10.6 Å². The van der Waals surface area contributed by atoms with Crippen LogP contribution in [-0.2, 0) is 0 Å². The molecule has 0 radical (unpaired) electrons. The summed E-state index contributed by atoms with van der Waals surface area (Å²) in [6.45, 7) is 8.12. The Morgan fingerprint density at radius 3 is 2.58 bits per heavy atom. The van der Waals surface area contributed by atoms with Gasteiger partial charge in [-0.1, -0.05) is 27.2 Å². The first-order chi connectivity index (χ1) is 8.99. The fraction of sp³-hybridized carbons (Fsp3) is 0.643. The van der Waals surface area contributed by atoms with Crippen molar-refractivity contribution in [3.63, 3.8) is 0 Å². The van der Waals surface area contributed by atoms with Crippen molar-refractivity contribution in [2.45, 2.75) is 52.5 Å². The average molecular weight is 264 g/mol. The number of aromatic nitrogens is 2. The Morgan fingerprint density at radius 1 is 1.37 bits per heavy atom. The van der Waals surface area contributed by atoms with Gasteiger partial charge in [0, 0.05) is 19.0 Å². The molecule has 0 spiro atoms. The Bertz CT molecular complexity index is 431. The van der Waals surface area contributed by atoms with Gasteiger partial charge in [0.05, 0.1) is 11.9 Å². The van der Waals surface area contributed by atoms with Crippen LogP contribution in [0.25, 0.3) is 0 Å². The number of carbonyl (C=O) groups excluding carboxylic acids is 1. The highest BCUT2D eigenvalue weighted by Gasteiger charge is 2.17. The monoisotopic (exact) mass is 264 g/mol. The molecule has 1 heterocycles. The van der Waals surface area contributed by atoms with Gasteiger partial charge in [-0.3, -0.25) is 4.79 Å². The summed E-state index contributed by atoms with van der Waals surface area (Å²) in [5.74, 6) is 0.743. The first-order valence-corrected chi connectivity index (χ1v) is 6.85. The second-order valence-electron chi connectivity index (χ2n) is 5.06. The van der Waals surface area contributed by atoms with Crippen LogP contribution in [0.1, 0.15) is 62.8 Å². The predicted octanol–water partition coefficient (Wildman–Crippen LogP) is 2.56. The normalized spacial score (nSPS) is 12.3. The Hall–Kier alpha value is -1.65. The molecule has 2 N–H and O–H groups in total. The largest absolute Gasteiger partial charge is 0.385 e. The van der Waals surface area contributed by atoms with Crippen molar-refractivity contribution in [3.05, 3.63) is 17.7 Å². The first-order valence-electron chi connectivity index (χ1n) is 6.85. The number of hydrogen-bond acceptors (Lipinski definition) is 4.